The van der Waals surface area contributed by atoms with Crippen molar-refractivity contribution in [3.63, 3.8) is 0 Å². The third-order valence-corrected chi connectivity index (χ3v) is 7.57. The van der Waals surface area contributed by atoms with Gasteiger partial charge in [-0.3, -0.25) is 19.4 Å². The van der Waals surface area contributed by atoms with Crippen LogP contribution in [0.15, 0.2) is 48.5 Å². The molecule has 0 unspecified atom stereocenters. The molecule has 1 saturated heterocycles. The van der Waals surface area contributed by atoms with Crippen molar-refractivity contribution in [2.75, 3.05) is 48.7 Å². The van der Waals surface area contributed by atoms with Crippen LogP contribution >= 0.6 is 0 Å². The van der Waals surface area contributed by atoms with Gasteiger partial charge in [-0.25, -0.2) is 8.42 Å². The molecule has 2 amide bonds. The molecule has 31 heavy (non-hydrogen) atoms. The molecule has 0 atom stereocenters. The van der Waals surface area contributed by atoms with Crippen molar-refractivity contribution in [3.8, 4) is 0 Å². The molecular weight excluding hydrogens is 416 g/mol. The maximum Gasteiger partial charge on any atom is 0.258 e. The molecule has 2 heterocycles. The molecule has 2 aliphatic heterocycles. The highest BCUT2D eigenvalue weighted by Crippen LogP contribution is 2.30. The summed E-state index contributed by atoms with van der Waals surface area (Å²) in [4.78, 5) is 29.0. The molecular formula is C22H26N4O4S. The van der Waals surface area contributed by atoms with Crippen LogP contribution in [0.25, 0.3) is 0 Å². The number of amides is 2. The predicted octanol–water partition coefficient (Wildman–Crippen LogP) is 1.75. The largest absolute Gasteiger partial charge is 0.323 e. The van der Waals surface area contributed by atoms with E-state index in [-0.39, 0.29) is 24.1 Å². The van der Waals surface area contributed by atoms with Gasteiger partial charge in [0.05, 0.1) is 17.1 Å². The second-order valence-corrected chi connectivity index (χ2v) is 9.99. The summed E-state index contributed by atoms with van der Waals surface area (Å²) in [6.45, 7) is 4.54. The molecule has 9 heteroatoms. The topological polar surface area (TPSA) is 90.0 Å². The zero-order valence-corrected chi connectivity index (χ0v) is 18.3. The minimum absolute atomic E-state index is 0.0199. The molecule has 0 bridgehead atoms. The molecule has 0 aromatic heterocycles. The minimum atomic E-state index is -3.15. The number of nitrogens with one attached hydrogen (secondary N) is 1. The Labute approximate surface area is 182 Å². The highest BCUT2D eigenvalue weighted by Gasteiger charge is 2.28. The van der Waals surface area contributed by atoms with E-state index in [1.165, 1.54) is 4.90 Å². The van der Waals surface area contributed by atoms with Crippen molar-refractivity contribution in [1.82, 2.24) is 9.21 Å². The van der Waals surface area contributed by atoms with E-state index in [1.807, 2.05) is 36.4 Å². The van der Waals surface area contributed by atoms with E-state index in [0.717, 1.165) is 5.56 Å². The van der Waals surface area contributed by atoms with Crippen LogP contribution < -0.4 is 10.2 Å². The number of hydrogen-bond donors (Lipinski definition) is 1. The van der Waals surface area contributed by atoms with Gasteiger partial charge in [0.25, 0.3) is 5.91 Å². The maximum absolute atomic E-state index is 13.2. The summed E-state index contributed by atoms with van der Waals surface area (Å²) >= 11 is 0. The highest BCUT2D eigenvalue weighted by molar-refractivity contribution is 7.89. The number of carbonyl (C=O) groups excluding carboxylic acids is 2. The number of para-hydroxylation sites is 2. The average Bonchev–Trinajstić information content (AvgIpc) is 2.78. The van der Waals surface area contributed by atoms with Gasteiger partial charge in [-0.1, -0.05) is 24.3 Å². The number of piperazine rings is 1. The van der Waals surface area contributed by atoms with Gasteiger partial charge in [-0.2, -0.15) is 4.31 Å². The lowest BCUT2D eigenvalue weighted by Crippen LogP contribution is -2.48. The van der Waals surface area contributed by atoms with E-state index in [0.29, 0.717) is 49.7 Å². The highest BCUT2D eigenvalue weighted by atomic mass is 32.2. The van der Waals surface area contributed by atoms with Crippen LogP contribution in [0.3, 0.4) is 0 Å². The molecule has 2 aromatic rings. The fourth-order valence-electron chi connectivity index (χ4n) is 3.98. The Kier molecular flexibility index (Phi) is 6.08. The van der Waals surface area contributed by atoms with E-state index >= 15 is 0 Å². The van der Waals surface area contributed by atoms with Crippen molar-refractivity contribution < 1.29 is 18.0 Å². The molecule has 164 valence electrons. The summed E-state index contributed by atoms with van der Waals surface area (Å²) in [5, 5.41) is 2.79. The number of nitrogens with zero attached hydrogens (tertiary/aromatic N) is 3. The van der Waals surface area contributed by atoms with Crippen LogP contribution in [-0.4, -0.2) is 67.9 Å². The fraction of sp³-hybridized carbons (Fsp3) is 0.364. The third kappa shape index (κ3) is 4.63. The second kappa shape index (κ2) is 8.78. The normalized spacial score (nSPS) is 17.8. The molecule has 1 N–H and O–H groups in total. The first-order valence-corrected chi connectivity index (χ1v) is 12.0. The van der Waals surface area contributed by atoms with Crippen LogP contribution in [0.1, 0.15) is 22.8 Å². The number of anilines is 2. The van der Waals surface area contributed by atoms with Gasteiger partial charge in [0.15, 0.2) is 0 Å². The van der Waals surface area contributed by atoms with E-state index < -0.39 is 10.0 Å². The van der Waals surface area contributed by atoms with Crippen LogP contribution in [0, 0.1) is 0 Å². The van der Waals surface area contributed by atoms with Crippen LogP contribution in [0.4, 0.5) is 11.4 Å². The van der Waals surface area contributed by atoms with Crippen molar-refractivity contribution in [1.29, 1.82) is 0 Å². The Morgan fingerprint density at radius 2 is 1.77 bits per heavy atom. The second-order valence-electron chi connectivity index (χ2n) is 7.73. The van der Waals surface area contributed by atoms with E-state index in [9.17, 15) is 18.0 Å². The summed E-state index contributed by atoms with van der Waals surface area (Å²) in [5.74, 6) is -0.319. The van der Waals surface area contributed by atoms with Crippen molar-refractivity contribution >= 4 is 33.2 Å². The summed E-state index contributed by atoms with van der Waals surface area (Å²) in [5.41, 5.74) is 2.82. The first-order chi connectivity index (χ1) is 14.9. The van der Waals surface area contributed by atoms with Gasteiger partial charge in [-0.15, -0.1) is 0 Å². The Morgan fingerprint density at radius 3 is 2.52 bits per heavy atom. The number of carbonyl (C=O) groups is 2. The lowest BCUT2D eigenvalue weighted by molar-refractivity contribution is -0.115. The molecule has 1 fully saturated rings. The van der Waals surface area contributed by atoms with Gasteiger partial charge >= 0.3 is 0 Å². The van der Waals surface area contributed by atoms with Crippen molar-refractivity contribution in [2.24, 2.45) is 0 Å². The average molecular weight is 443 g/mol. The molecule has 2 aromatic carbocycles. The van der Waals surface area contributed by atoms with Gasteiger partial charge < -0.3 is 5.32 Å². The summed E-state index contributed by atoms with van der Waals surface area (Å²) in [7, 11) is -3.15. The summed E-state index contributed by atoms with van der Waals surface area (Å²) < 4.78 is 25.6. The summed E-state index contributed by atoms with van der Waals surface area (Å²) in [6, 6.07) is 14.7. The zero-order chi connectivity index (χ0) is 22.0. The fourth-order valence-corrected chi connectivity index (χ4v) is 5.06. The maximum atomic E-state index is 13.2. The smallest absolute Gasteiger partial charge is 0.258 e. The van der Waals surface area contributed by atoms with Crippen LogP contribution in [0.5, 0.6) is 0 Å². The molecule has 0 radical (unpaired) electrons. The molecule has 8 nitrogen and oxygen atoms in total. The third-order valence-electron chi connectivity index (χ3n) is 5.69. The lowest BCUT2D eigenvalue weighted by Gasteiger charge is -2.34. The molecule has 0 spiro atoms. The standard InChI is InChI=1S/C22H26N4O4S/c1-2-31(29,30)25-12-10-24(11-13-25)15-17-6-5-7-18(14-17)22(28)26-16-21(27)23-19-8-3-4-9-20(19)26/h3-9,14H,2,10-13,15-16H2,1H3,(H,23,27). The Bertz CT molecular complexity index is 1090. The zero-order valence-electron chi connectivity index (χ0n) is 17.5. The van der Waals surface area contributed by atoms with Crippen molar-refractivity contribution in [2.45, 2.75) is 13.5 Å². The number of hydrogen-bond acceptors (Lipinski definition) is 5. The number of benzene rings is 2. The van der Waals surface area contributed by atoms with Gasteiger partial charge in [0.1, 0.15) is 6.54 Å². The molecule has 0 aliphatic carbocycles. The number of rotatable bonds is 5. The first-order valence-electron chi connectivity index (χ1n) is 10.4. The summed E-state index contributed by atoms with van der Waals surface area (Å²) in [6.07, 6.45) is 0. The number of sulfonamides is 1. The van der Waals surface area contributed by atoms with Gasteiger partial charge in [0, 0.05) is 38.3 Å². The van der Waals surface area contributed by atoms with E-state index in [2.05, 4.69) is 10.2 Å². The van der Waals surface area contributed by atoms with Gasteiger partial charge in [0.2, 0.25) is 15.9 Å². The first kappa shape index (κ1) is 21.5. The number of fused-ring (bicyclic) bond motifs is 1. The van der Waals surface area contributed by atoms with Gasteiger partial charge in [-0.05, 0) is 36.8 Å². The Morgan fingerprint density at radius 1 is 1.03 bits per heavy atom. The Hall–Kier alpha value is -2.75. The molecule has 4 rings (SSSR count). The van der Waals surface area contributed by atoms with Crippen LogP contribution in [0.2, 0.25) is 0 Å². The van der Waals surface area contributed by atoms with Crippen molar-refractivity contribution in [3.05, 3.63) is 59.7 Å². The minimum Gasteiger partial charge on any atom is -0.323 e. The quantitative estimate of drug-likeness (QED) is 0.762. The van der Waals surface area contributed by atoms with E-state index in [1.54, 1.807) is 23.4 Å². The lowest BCUT2D eigenvalue weighted by atomic mass is 10.1. The molecule has 0 saturated carbocycles. The van der Waals surface area contributed by atoms with Crippen LogP contribution in [-0.2, 0) is 21.4 Å². The monoisotopic (exact) mass is 442 g/mol. The molecule has 2 aliphatic rings. The Balaban J connectivity index is 1.46. The predicted molar refractivity (Wildman–Crippen MR) is 120 cm³/mol. The van der Waals surface area contributed by atoms with E-state index in [4.69, 9.17) is 0 Å². The SMILES string of the molecule is CCS(=O)(=O)N1CCN(Cc2cccc(C(=O)N3CC(=O)Nc4ccccc43)c2)CC1.